The SMILES string of the molecule is Cc1nc2ccccn2c1C(=O)NCc1ccccc1-c1ccsc1. The van der Waals surface area contributed by atoms with Gasteiger partial charge in [-0.2, -0.15) is 11.3 Å². The van der Waals surface area contributed by atoms with Gasteiger partial charge in [-0.1, -0.05) is 30.3 Å². The number of carbonyl (C=O) groups is 1. The number of nitrogens with zero attached hydrogens (tertiary/aromatic N) is 2. The van der Waals surface area contributed by atoms with Gasteiger partial charge >= 0.3 is 0 Å². The fraction of sp³-hybridized carbons (Fsp3) is 0.100. The van der Waals surface area contributed by atoms with Crippen LogP contribution in [0.25, 0.3) is 16.8 Å². The van der Waals surface area contributed by atoms with Gasteiger partial charge in [0.2, 0.25) is 0 Å². The minimum absolute atomic E-state index is 0.115. The van der Waals surface area contributed by atoms with Gasteiger partial charge in [0.15, 0.2) is 0 Å². The third-order valence-electron chi connectivity index (χ3n) is 4.21. The van der Waals surface area contributed by atoms with E-state index in [0.29, 0.717) is 12.2 Å². The molecule has 0 saturated carbocycles. The van der Waals surface area contributed by atoms with E-state index in [1.165, 1.54) is 5.56 Å². The van der Waals surface area contributed by atoms with Gasteiger partial charge in [-0.15, -0.1) is 0 Å². The first-order valence-electron chi connectivity index (χ1n) is 8.06. The number of thiophene rings is 1. The van der Waals surface area contributed by atoms with Gasteiger partial charge in [0.25, 0.3) is 5.91 Å². The van der Waals surface area contributed by atoms with Crippen molar-refractivity contribution >= 4 is 22.9 Å². The van der Waals surface area contributed by atoms with Crippen LogP contribution in [0.15, 0.2) is 65.5 Å². The Morgan fingerprint density at radius 1 is 1.16 bits per heavy atom. The van der Waals surface area contributed by atoms with Crippen molar-refractivity contribution < 1.29 is 4.79 Å². The van der Waals surface area contributed by atoms with Crippen molar-refractivity contribution in [2.45, 2.75) is 13.5 Å². The summed E-state index contributed by atoms with van der Waals surface area (Å²) >= 11 is 1.67. The lowest BCUT2D eigenvalue weighted by Crippen LogP contribution is -2.25. The van der Waals surface area contributed by atoms with Crippen molar-refractivity contribution in [2.75, 3.05) is 0 Å². The van der Waals surface area contributed by atoms with E-state index < -0.39 is 0 Å². The van der Waals surface area contributed by atoms with Gasteiger partial charge in [-0.3, -0.25) is 9.20 Å². The Hall–Kier alpha value is -2.92. The summed E-state index contributed by atoms with van der Waals surface area (Å²) in [5.41, 5.74) is 5.53. The molecule has 4 nitrogen and oxygen atoms in total. The fourth-order valence-corrected chi connectivity index (χ4v) is 3.68. The van der Waals surface area contributed by atoms with Crippen LogP contribution in [-0.2, 0) is 6.54 Å². The van der Waals surface area contributed by atoms with Gasteiger partial charge in [0, 0.05) is 12.7 Å². The van der Waals surface area contributed by atoms with Crippen molar-refractivity contribution in [1.82, 2.24) is 14.7 Å². The van der Waals surface area contributed by atoms with Crippen molar-refractivity contribution in [3.05, 3.63) is 82.4 Å². The first-order valence-corrected chi connectivity index (χ1v) is 9.00. The van der Waals surface area contributed by atoms with Gasteiger partial charge in [0.1, 0.15) is 11.3 Å². The molecule has 4 rings (SSSR count). The standard InChI is InChI=1S/C20H17N3OS/c1-14-19(23-10-5-4-8-18(23)22-14)20(24)21-12-15-6-2-3-7-17(15)16-9-11-25-13-16/h2-11,13H,12H2,1H3,(H,21,24). The molecule has 0 atom stereocenters. The highest BCUT2D eigenvalue weighted by molar-refractivity contribution is 7.08. The molecule has 3 aromatic heterocycles. The van der Waals surface area contributed by atoms with Crippen LogP contribution in [-0.4, -0.2) is 15.3 Å². The summed E-state index contributed by atoms with van der Waals surface area (Å²) in [7, 11) is 0. The number of nitrogens with one attached hydrogen (secondary N) is 1. The Labute approximate surface area is 149 Å². The molecular weight excluding hydrogens is 330 g/mol. The zero-order valence-electron chi connectivity index (χ0n) is 13.8. The number of amides is 1. The second-order valence-corrected chi connectivity index (χ2v) is 6.61. The normalized spacial score (nSPS) is 10.9. The molecule has 0 aliphatic heterocycles. The summed E-state index contributed by atoms with van der Waals surface area (Å²) in [5, 5.41) is 7.22. The van der Waals surface area contributed by atoms with E-state index in [1.807, 2.05) is 47.9 Å². The molecule has 5 heteroatoms. The molecule has 0 fully saturated rings. The highest BCUT2D eigenvalue weighted by Gasteiger charge is 2.16. The summed E-state index contributed by atoms with van der Waals surface area (Å²) in [4.78, 5) is 17.2. The number of fused-ring (bicyclic) bond motifs is 1. The van der Waals surface area contributed by atoms with E-state index in [1.54, 1.807) is 11.3 Å². The zero-order chi connectivity index (χ0) is 17.2. The number of rotatable bonds is 4. The predicted octanol–water partition coefficient (Wildman–Crippen LogP) is 4.30. The van der Waals surface area contributed by atoms with Gasteiger partial charge < -0.3 is 5.32 Å². The number of hydrogen-bond acceptors (Lipinski definition) is 3. The second kappa shape index (κ2) is 6.53. The Morgan fingerprint density at radius 2 is 2.00 bits per heavy atom. The smallest absolute Gasteiger partial charge is 0.270 e. The zero-order valence-corrected chi connectivity index (χ0v) is 14.6. The van der Waals surface area contributed by atoms with Crippen LogP contribution in [0.1, 0.15) is 21.7 Å². The minimum atomic E-state index is -0.115. The van der Waals surface area contributed by atoms with E-state index in [2.05, 4.69) is 39.3 Å². The monoisotopic (exact) mass is 347 g/mol. The van der Waals surface area contributed by atoms with Crippen LogP contribution < -0.4 is 5.32 Å². The molecule has 1 aromatic carbocycles. The summed E-state index contributed by atoms with van der Waals surface area (Å²) in [6.07, 6.45) is 1.86. The lowest BCUT2D eigenvalue weighted by molar-refractivity contribution is 0.0944. The lowest BCUT2D eigenvalue weighted by atomic mass is 10.0. The summed E-state index contributed by atoms with van der Waals surface area (Å²) in [5.74, 6) is -0.115. The number of benzene rings is 1. The Kier molecular flexibility index (Phi) is 4.07. The third kappa shape index (κ3) is 2.94. The highest BCUT2D eigenvalue weighted by atomic mass is 32.1. The number of pyridine rings is 1. The number of imidazole rings is 1. The van der Waals surface area contributed by atoms with E-state index in [9.17, 15) is 4.79 Å². The summed E-state index contributed by atoms with van der Waals surface area (Å²) < 4.78 is 1.83. The van der Waals surface area contributed by atoms with Gasteiger partial charge in [-0.05, 0) is 52.6 Å². The number of carbonyl (C=O) groups excluding carboxylic acids is 1. The Morgan fingerprint density at radius 3 is 2.84 bits per heavy atom. The molecule has 0 unspecified atom stereocenters. The largest absolute Gasteiger partial charge is 0.347 e. The van der Waals surface area contributed by atoms with E-state index in [0.717, 1.165) is 22.5 Å². The number of aryl methyl sites for hydroxylation is 1. The molecule has 4 aromatic rings. The maximum Gasteiger partial charge on any atom is 0.270 e. The van der Waals surface area contributed by atoms with Crippen LogP contribution in [0.3, 0.4) is 0 Å². The third-order valence-corrected chi connectivity index (χ3v) is 4.89. The molecule has 3 heterocycles. The van der Waals surface area contributed by atoms with E-state index in [-0.39, 0.29) is 5.91 Å². The molecule has 0 radical (unpaired) electrons. The second-order valence-electron chi connectivity index (χ2n) is 5.83. The average Bonchev–Trinajstić information content (AvgIpc) is 3.27. The predicted molar refractivity (Wildman–Crippen MR) is 101 cm³/mol. The highest BCUT2D eigenvalue weighted by Crippen LogP contribution is 2.25. The molecular formula is C20H17N3OS. The van der Waals surface area contributed by atoms with Crippen LogP contribution in [0.2, 0.25) is 0 Å². The maximum absolute atomic E-state index is 12.7. The molecule has 1 amide bonds. The first-order chi connectivity index (χ1) is 12.2. The topological polar surface area (TPSA) is 46.4 Å². The molecule has 0 saturated heterocycles. The molecule has 1 N–H and O–H groups in total. The van der Waals surface area contributed by atoms with Gasteiger partial charge in [0.05, 0.1) is 5.69 Å². The Bertz CT molecular complexity index is 1030. The quantitative estimate of drug-likeness (QED) is 0.598. The molecule has 124 valence electrons. The van der Waals surface area contributed by atoms with Crippen LogP contribution in [0.4, 0.5) is 0 Å². The van der Waals surface area contributed by atoms with Crippen LogP contribution in [0, 0.1) is 6.92 Å². The Balaban J connectivity index is 1.60. The van der Waals surface area contributed by atoms with Crippen LogP contribution in [0.5, 0.6) is 0 Å². The summed E-state index contributed by atoms with van der Waals surface area (Å²) in [6, 6.07) is 16.0. The molecule has 0 aliphatic rings. The van der Waals surface area contributed by atoms with Crippen molar-refractivity contribution in [1.29, 1.82) is 0 Å². The molecule has 0 bridgehead atoms. The summed E-state index contributed by atoms with van der Waals surface area (Å²) in [6.45, 7) is 2.34. The number of aromatic nitrogens is 2. The molecule has 0 aliphatic carbocycles. The lowest BCUT2D eigenvalue weighted by Gasteiger charge is -2.10. The fourth-order valence-electron chi connectivity index (χ4n) is 3.02. The molecule has 25 heavy (non-hydrogen) atoms. The van der Waals surface area contributed by atoms with Crippen molar-refractivity contribution in [2.24, 2.45) is 0 Å². The first kappa shape index (κ1) is 15.6. The van der Waals surface area contributed by atoms with Crippen LogP contribution >= 0.6 is 11.3 Å². The van der Waals surface area contributed by atoms with Gasteiger partial charge in [-0.25, -0.2) is 4.98 Å². The average molecular weight is 347 g/mol. The number of hydrogen-bond donors (Lipinski definition) is 1. The van der Waals surface area contributed by atoms with E-state index >= 15 is 0 Å². The van der Waals surface area contributed by atoms with Crippen molar-refractivity contribution in [3.63, 3.8) is 0 Å². The van der Waals surface area contributed by atoms with E-state index in [4.69, 9.17) is 0 Å². The minimum Gasteiger partial charge on any atom is -0.347 e. The van der Waals surface area contributed by atoms with Crippen molar-refractivity contribution in [3.8, 4) is 11.1 Å². The molecule has 0 spiro atoms. The maximum atomic E-state index is 12.7.